The monoisotopic (exact) mass is 256 g/mol. The molecule has 1 rings (SSSR count). The van der Waals surface area contributed by atoms with E-state index in [0.717, 1.165) is 6.42 Å². The number of hydrogen-bond acceptors (Lipinski definition) is 3. The largest absolute Gasteiger partial charge is 0.386 e. The van der Waals surface area contributed by atoms with Crippen LogP contribution in [-0.2, 0) is 9.59 Å². The van der Waals surface area contributed by atoms with Crippen LogP contribution in [0.1, 0.15) is 40.5 Å². The lowest BCUT2D eigenvalue weighted by atomic mass is 9.88. The summed E-state index contributed by atoms with van der Waals surface area (Å²) in [5.74, 6) is -0.256. The molecule has 0 spiro atoms. The van der Waals surface area contributed by atoms with E-state index >= 15 is 0 Å². The second kappa shape index (κ2) is 5.69. The fourth-order valence-electron chi connectivity index (χ4n) is 2.37. The number of β-amino-alcohol motifs (C(OH)–C–C–N with tert-alkyl or cyclic N) is 1. The van der Waals surface area contributed by atoms with Gasteiger partial charge in [0.2, 0.25) is 11.8 Å². The third-order valence-corrected chi connectivity index (χ3v) is 3.29. The van der Waals surface area contributed by atoms with E-state index in [0.29, 0.717) is 19.5 Å². The Morgan fingerprint density at radius 2 is 1.94 bits per heavy atom. The number of aliphatic hydroxyl groups is 1. The van der Waals surface area contributed by atoms with Crippen molar-refractivity contribution in [2.24, 2.45) is 5.92 Å². The zero-order valence-corrected chi connectivity index (χ0v) is 11.7. The predicted octanol–water partition coefficient (Wildman–Crippen LogP) is 0.520. The summed E-state index contributed by atoms with van der Waals surface area (Å²) in [5.41, 5.74) is -0.720. The van der Waals surface area contributed by atoms with Crippen LogP contribution in [0.25, 0.3) is 0 Å². The number of likely N-dealkylation sites (tertiary alicyclic amines) is 1. The average molecular weight is 256 g/mol. The zero-order valence-electron chi connectivity index (χ0n) is 11.7. The van der Waals surface area contributed by atoms with E-state index in [-0.39, 0.29) is 17.7 Å². The first-order valence-electron chi connectivity index (χ1n) is 6.57. The van der Waals surface area contributed by atoms with Gasteiger partial charge < -0.3 is 15.3 Å². The Morgan fingerprint density at radius 3 is 2.33 bits per heavy atom. The molecule has 1 unspecified atom stereocenters. The van der Waals surface area contributed by atoms with Crippen molar-refractivity contribution in [1.82, 2.24) is 10.2 Å². The van der Waals surface area contributed by atoms with E-state index in [2.05, 4.69) is 5.32 Å². The van der Waals surface area contributed by atoms with E-state index in [1.54, 1.807) is 4.90 Å². The van der Waals surface area contributed by atoms with Crippen LogP contribution in [0.3, 0.4) is 0 Å². The lowest BCUT2D eigenvalue weighted by Crippen LogP contribution is -2.66. The first-order chi connectivity index (χ1) is 8.29. The second-order valence-electron chi connectivity index (χ2n) is 5.59. The Labute approximate surface area is 109 Å². The van der Waals surface area contributed by atoms with Gasteiger partial charge in [-0.05, 0) is 12.3 Å². The normalized spacial score (nSPS) is 19.3. The summed E-state index contributed by atoms with van der Waals surface area (Å²) in [5, 5.41) is 12.7. The van der Waals surface area contributed by atoms with Crippen LogP contribution in [0.15, 0.2) is 0 Å². The molecule has 5 nitrogen and oxygen atoms in total. The number of rotatable bonds is 5. The number of carbonyl (C=O) groups is 2. The van der Waals surface area contributed by atoms with Crippen molar-refractivity contribution in [3.63, 3.8) is 0 Å². The van der Waals surface area contributed by atoms with Crippen molar-refractivity contribution in [2.45, 2.75) is 52.2 Å². The molecule has 0 aliphatic carbocycles. The summed E-state index contributed by atoms with van der Waals surface area (Å²) < 4.78 is 0. The molecule has 2 N–H and O–H groups in total. The first-order valence-corrected chi connectivity index (χ1v) is 6.57. The molecule has 0 aromatic heterocycles. The van der Waals surface area contributed by atoms with Crippen molar-refractivity contribution < 1.29 is 14.7 Å². The van der Waals surface area contributed by atoms with Crippen LogP contribution >= 0.6 is 0 Å². The van der Waals surface area contributed by atoms with Gasteiger partial charge in [-0.3, -0.25) is 9.59 Å². The fourth-order valence-corrected chi connectivity index (χ4v) is 2.37. The number of hydrogen-bond donors (Lipinski definition) is 2. The van der Waals surface area contributed by atoms with Gasteiger partial charge in [0, 0.05) is 6.92 Å². The van der Waals surface area contributed by atoms with Crippen LogP contribution in [-0.4, -0.2) is 46.6 Å². The number of nitrogens with zero attached hydrogens (tertiary/aromatic N) is 1. The van der Waals surface area contributed by atoms with Crippen LogP contribution in [0.4, 0.5) is 0 Å². The Hall–Kier alpha value is -1.10. The molecule has 1 heterocycles. The smallest absolute Gasteiger partial charge is 0.245 e. The number of nitrogens with one attached hydrogen (secondary N) is 1. The van der Waals surface area contributed by atoms with Gasteiger partial charge in [-0.1, -0.05) is 27.2 Å². The van der Waals surface area contributed by atoms with Crippen molar-refractivity contribution in [1.29, 1.82) is 0 Å². The van der Waals surface area contributed by atoms with Gasteiger partial charge >= 0.3 is 0 Å². The predicted molar refractivity (Wildman–Crippen MR) is 68.9 cm³/mol. The highest BCUT2D eigenvalue weighted by Crippen LogP contribution is 2.26. The van der Waals surface area contributed by atoms with Crippen LogP contribution < -0.4 is 5.32 Å². The Bertz CT molecular complexity index is 322. The quantitative estimate of drug-likeness (QED) is 0.753. The summed E-state index contributed by atoms with van der Waals surface area (Å²) >= 11 is 0. The molecule has 0 saturated carbocycles. The summed E-state index contributed by atoms with van der Waals surface area (Å²) in [6, 6.07) is -0.492. The van der Waals surface area contributed by atoms with Gasteiger partial charge in [0.25, 0.3) is 0 Å². The molecule has 1 saturated heterocycles. The molecule has 1 aliphatic heterocycles. The fraction of sp³-hybridized carbons (Fsp3) is 0.846. The molecule has 0 radical (unpaired) electrons. The molecule has 5 heteroatoms. The molecule has 1 fully saturated rings. The number of amides is 2. The second-order valence-corrected chi connectivity index (χ2v) is 5.59. The molecule has 2 amide bonds. The molecular weight excluding hydrogens is 232 g/mol. The summed E-state index contributed by atoms with van der Waals surface area (Å²) in [7, 11) is 0. The van der Waals surface area contributed by atoms with Crippen LogP contribution in [0.2, 0.25) is 0 Å². The maximum Gasteiger partial charge on any atom is 0.245 e. The third kappa shape index (κ3) is 3.45. The number of carbonyl (C=O) groups excluding carboxylic acids is 2. The Balaban J connectivity index is 2.57. The minimum atomic E-state index is -0.720. The molecule has 18 heavy (non-hydrogen) atoms. The van der Waals surface area contributed by atoms with Gasteiger partial charge in [0.1, 0.15) is 6.04 Å². The minimum Gasteiger partial charge on any atom is -0.386 e. The van der Waals surface area contributed by atoms with Crippen molar-refractivity contribution in [3.05, 3.63) is 0 Å². The summed E-state index contributed by atoms with van der Waals surface area (Å²) in [4.78, 5) is 24.9. The third-order valence-electron chi connectivity index (χ3n) is 3.29. The molecule has 0 aromatic carbocycles. The topological polar surface area (TPSA) is 69.6 Å². The Morgan fingerprint density at radius 1 is 1.39 bits per heavy atom. The van der Waals surface area contributed by atoms with E-state index in [1.807, 2.05) is 20.8 Å². The minimum absolute atomic E-state index is 0.0428. The molecule has 0 bridgehead atoms. The zero-order chi connectivity index (χ0) is 13.9. The standard InChI is InChI=1S/C13H24N2O3/c1-5-6-13(18)7-15(8-13)12(17)11(9(2)3)14-10(4)16/h9,11,18H,5-8H2,1-4H3,(H,14,16). The van der Waals surface area contributed by atoms with Crippen molar-refractivity contribution in [3.8, 4) is 0 Å². The van der Waals surface area contributed by atoms with Gasteiger partial charge in [-0.15, -0.1) is 0 Å². The van der Waals surface area contributed by atoms with E-state index in [1.165, 1.54) is 6.92 Å². The Kier molecular flexibility index (Phi) is 4.73. The molecular formula is C13H24N2O3. The molecule has 1 aliphatic rings. The van der Waals surface area contributed by atoms with Crippen molar-refractivity contribution in [2.75, 3.05) is 13.1 Å². The molecule has 0 aromatic rings. The molecule has 104 valence electrons. The van der Waals surface area contributed by atoms with Crippen molar-refractivity contribution >= 4 is 11.8 Å². The van der Waals surface area contributed by atoms with Crippen LogP contribution in [0, 0.1) is 5.92 Å². The van der Waals surface area contributed by atoms with Gasteiger partial charge in [-0.2, -0.15) is 0 Å². The summed E-state index contributed by atoms with van der Waals surface area (Å²) in [6.45, 7) is 7.97. The highest BCUT2D eigenvalue weighted by atomic mass is 16.3. The maximum absolute atomic E-state index is 12.2. The van der Waals surface area contributed by atoms with E-state index in [4.69, 9.17) is 0 Å². The molecule has 1 atom stereocenters. The van der Waals surface area contributed by atoms with Gasteiger partial charge in [0.05, 0.1) is 18.7 Å². The summed E-state index contributed by atoms with van der Waals surface area (Å²) in [6.07, 6.45) is 1.61. The first kappa shape index (κ1) is 15.0. The average Bonchev–Trinajstić information content (AvgIpc) is 2.21. The SMILES string of the molecule is CCCC1(O)CN(C(=O)C(NC(C)=O)C(C)C)C1. The maximum atomic E-state index is 12.2. The lowest BCUT2D eigenvalue weighted by Gasteiger charge is -2.48. The van der Waals surface area contributed by atoms with Crippen LogP contribution in [0.5, 0.6) is 0 Å². The van der Waals surface area contributed by atoms with Gasteiger partial charge in [-0.25, -0.2) is 0 Å². The highest BCUT2D eigenvalue weighted by Gasteiger charge is 2.44. The van der Waals surface area contributed by atoms with E-state index < -0.39 is 11.6 Å². The lowest BCUT2D eigenvalue weighted by molar-refractivity contribution is -0.160. The highest BCUT2D eigenvalue weighted by molar-refractivity contribution is 5.87. The van der Waals surface area contributed by atoms with Gasteiger partial charge in [0.15, 0.2) is 0 Å². The van der Waals surface area contributed by atoms with E-state index in [9.17, 15) is 14.7 Å².